The molecule has 0 atom stereocenters. The van der Waals surface area contributed by atoms with Crippen LogP contribution in [0.5, 0.6) is 0 Å². The van der Waals surface area contributed by atoms with E-state index in [-0.39, 0.29) is 42.8 Å². The first kappa shape index (κ1) is 20.7. The maximum absolute atomic E-state index is 12.7. The number of urea groups is 1. The largest absolute Gasteiger partial charge is 0.333 e. The highest BCUT2D eigenvalue weighted by Crippen LogP contribution is 2.22. The quantitative estimate of drug-likeness (QED) is 0.513. The number of carbonyl (C=O) groups excluding carboxylic acids is 1. The molecule has 12 heteroatoms. The fourth-order valence-corrected chi connectivity index (χ4v) is 5.61. The van der Waals surface area contributed by atoms with Gasteiger partial charge in [-0.15, -0.1) is 11.3 Å². The first-order valence-corrected chi connectivity index (χ1v) is 11.4. The molecule has 2 aromatic rings. The van der Waals surface area contributed by atoms with E-state index in [1.807, 2.05) is 11.4 Å². The van der Waals surface area contributed by atoms with Crippen LogP contribution >= 0.6 is 27.3 Å². The number of nitrogens with zero attached hydrogens (tertiary/aromatic N) is 3. The van der Waals surface area contributed by atoms with Gasteiger partial charge in [-0.2, -0.15) is 4.31 Å². The lowest BCUT2D eigenvalue weighted by molar-refractivity contribution is -0.385. The number of rotatable bonds is 5. The van der Waals surface area contributed by atoms with E-state index in [0.29, 0.717) is 6.54 Å². The highest BCUT2D eigenvalue weighted by molar-refractivity contribution is 9.10. The molecule has 150 valence electrons. The Kier molecular flexibility index (Phi) is 6.33. The maximum Gasteiger partial charge on any atom is 0.317 e. The molecule has 1 aromatic carbocycles. The molecule has 0 unspecified atom stereocenters. The van der Waals surface area contributed by atoms with E-state index in [1.54, 1.807) is 4.90 Å². The highest BCUT2D eigenvalue weighted by Gasteiger charge is 2.30. The van der Waals surface area contributed by atoms with Crippen molar-refractivity contribution in [1.82, 2.24) is 14.5 Å². The van der Waals surface area contributed by atoms with Crippen molar-refractivity contribution in [2.24, 2.45) is 0 Å². The highest BCUT2D eigenvalue weighted by atomic mass is 79.9. The second-order valence-corrected chi connectivity index (χ2v) is 9.88. The van der Waals surface area contributed by atoms with E-state index in [2.05, 4.69) is 21.2 Å². The Morgan fingerprint density at radius 3 is 2.57 bits per heavy atom. The van der Waals surface area contributed by atoms with Crippen molar-refractivity contribution >= 4 is 49.0 Å². The van der Waals surface area contributed by atoms with Crippen molar-refractivity contribution in [3.05, 3.63) is 55.2 Å². The normalized spacial score (nSPS) is 15.4. The van der Waals surface area contributed by atoms with Crippen LogP contribution in [-0.2, 0) is 16.6 Å². The summed E-state index contributed by atoms with van der Waals surface area (Å²) in [4.78, 5) is 25.0. The van der Waals surface area contributed by atoms with Crippen LogP contribution < -0.4 is 5.32 Å². The zero-order valence-electron chi connectivity index (χ0n) is 14.6. The maximum atomic E-state index is 12.7. The smallest absolute Gasteiger partial charge is 0.317 e. The monoisotopic (exact) mass is 488 g/mol. The summed E-state index contributed by atoms with van der Waals surface area (Å²) in [6.45, 7) is 1.15. The number of benzene rings is 1. The summed E-state index contributed by atoms with van der Waals surface area (Å²) in [7, 11) is -3.85. The minimum Gasteiger partial charge on any atom is -0.333 e. The summed E-state index contributed by atoms with van der Waals surface area (Å²) in [5, 5.41) is 15.6. The molecule has 1 fully saturated rings. The van der Waals surface area contributed by atoms with E-state index >= 15 is 0 Å². The van der Waals surface area contributed by atoms with Gasteiger partial charge in [0.2, 0.25) is 10.0 Å². The fraction of sp³-hybridized carbons (Fsp3) is 0.312. The molecule has 0 saturated carbocycles. The van der Waals surface area contributed by atoms with Crippen molar-refractivity contribution in [3.8, 4) is 0 Å². The number of hydrogen-bond acceptors (Lipinski definition) is 6. The molecule has 1 aliphatic rings. The molecule has 0 spiro atoms. The van der Waals surface area contributed by atoms with Gasteiger partial charge in [0.1, 0.15) is 0 Å². The van der Waals surface area contributed by atoms with Crippen molar-refractivity contribution in [3.63, 3.8) is 0 Å². The lowest BCUT2D eigenvalue weighted by Gasteiger charge is -2.33. The third kappa shape index (κ3) is 4.69. The average molecular weight is 489 g/mol. The molecule has 2 heterocycles. The molecule has 0 aliphatic carbocycles. The van der Waals surface area contributed by atoms with Crippen LogP contribution in [0.4, 0.5) is 10.5 Å². The number of nitrogens with one attached hydrogen (secondary N) is 1. The number of halogens is 1. The average Bonchev–Trinajstić information content (AvgIpc) is 3.11. The van der Waals surface area contributed by atoms with E-state index in [1.165, 1.54) is 33.8 Å². The van der Waals surface area contributed by atoms with Gasteiger partial charge in [0.25, 0.3) is 5.69 Å². The predicted octanol–water partition coefficient (Wildman–Crippen LogP) is 2.63. The number of hydrogen-bond donors (Lipinski definition) is 1. The van der Waals surface area contributed by atoms with Crippen LogP contribution in [-0.4, -0.2) is 54.8 Å². The third-order valence-corrected chi connectivity index (χ3v) is 7.82. The molecule has 0 bridgehead atoms. The van der Waals surface area contributed by atoms with Gasteiger partial charge in [-0.3, -0.25) is 10.1 Å². The summed E-state index contributed by atoms with van der Waals surface area (Å²) in [5.41, 5.74) is -0.278. The molecule has 0 radical (unpaired) electrons. The van der Waals surface area contributed by atoms with Crippen molar-refractivity contribution < 1.29 is 18.1 Å². The van der Waals surface area contributed by atoms with Crippen molar-refractivity contribution in [1.29, 1.82) is 0 Å². The van der Waals surface area contributed by atoms with Crippen LogP contribution in [0.25, 0.3) is 0 Å². The van der Waals surface area contributed by atoms with Gasteiger partial charge >= 0.3 is 6.03 Å². The minimum atomic E-state index is -3.85. The summed E-state index contributed by atoms with van der Waals surface area (Å²) in [6.07, 6.45) is 0. The molecule has 1 saturated heterocycles. The van der Waals surface area contributed by atoms with Crippen LogP contribution in [0.1, 0.15) is 4.88 Å². The zero-order valence-corrected chi connectivity index (χ0v) is 17.8. The summed E-state index contributed by atoms with van der Waals surface area (Å²) in [6, 6.07) is 6.64. The zero-order chi connectivity index (χ0) is 20.3. The summed E-state index contributed by atoms with van der Waals surface area (Å²) < 4.78 is 27.7. The Morgan fingerprint density at radius 2 is 1.96 bits per heavy atom. The molecular weight excluding hydrogens is 472 g/mol. The van der Waals surface area contributed by atoms with Gasteiger partial charge in [0.05, 0.1) is 16.4 Å². The van der Waals surface area contributed by atoms with Crippen LogP contribution in [0.2, 0.25) is 0 Å². The van der Waals surface area contributed by atoms with Crippen LogP contribution in [0, 0.1) is 10.1 Å². The van der Waals surface area contributed by atoms with Gasteiger partial charge < -0.3 is 10.2 Å². The summed E-state index contributed by atoms with van der Waals surface area (Å²) >= 11 is 4.89. The Morgan fingerprint density at radius 1 is 1.25 bits per heavy atom. The van der Waals surface area contributed by atoms with Gasteiger partial charge in [0, 0.05) is 53.0 Å². The first-order chi connectivity index (χ1) is 13.3. The number of piperazine rings is 1. The Bertz CT molecular complexity index is 986. The van der Waals surface area contributed by atoms with Crippen molar-refractivity contribution in [2.45, 2.75) is 11.4 Å². The number of sulfonamides is 1. The fourth-order valence-electron chi connectivity index (χ4n) is 2.76. The number of thiophene rings is 1. The van der Waals surface area contributed by atoms with E-state index in [0.717, 1.165) is 15.4 Å². The number of non-ortho nitro benzene ring substituents is 1. The Labute approximate surface area is 174 Å². The molecule has 9 nitrogen and oxygen atoms in total. The molecule has 1 aromatic heterocycles. The minimum absolute atomic E-state index is 0.122. The SMILES string of the molecule is O=C(NCc1cc(Br)cs1)N1CCN(S(=O)(=O)c2cccc([N+](=O)[O-])c2)CC1. The standard InChI is InChI=1S/C16H17BrN4O5S2/c17-12-8-14(27-11-12)10-18-16(22)19-4-6-20(7-5-19)28(25,26)15-3-1-2-13(9-15)21(23)24/h1-3,8-9,11H,4-7,10H2,(H,18,22). The van der Waals surface area contributed by atoms with Crippen LogP contribution in [0.15, 0.2) is 45.1 Å². The molecule has 1 N–H and O–H groups in total. The lowest BCUT2D eigenvalue weighted by atomic mass is 10.3. The van der Waals surface area contributed by atoms with Crippen molar-refractivity contribution in [2.75, 3.05) is 26.2 Å². The third-order valence-electron chi connectivity index (χ3n) is 4.23. The number of nitro benzene ring substituents is 1. The Hall–Kier alpha value is -2.02. The van der Waals surface area contributed by atoms with E-state index < -0.39 is 14.9 Å². The first-order valence-electron chi connectivity index (χ1n) is 8.27. The molecule has 3 rings (SSSR count). The molecule has 2 amide bonds. The van der Waals surface area contributed by atoms with Gasteiger partial charge in [-0.1, -0.05) is 6.07 Å². The van der Waals surface area contributed by atoms with Gasteiger partial charge in [-0.25, -0.2) is 13.2 Å². The number of nitro groups is 1. The lowest BCUT2D eigenvalue weighted by Crippen LogP contribution is -2.52. The Balaban J connectivity index is 1.58. The van der Waals surface area contributed by atoms with Gasteiger partial charge in [-0.05, 0) is 28.1 Å². The van der Waals surface area contributed by atoms with Gasteiger partial charge in [0.15, 0.2) is 0 Å². The second-order valence-electron chi connectivity index (χ2n) is 6.04. The molecule has 1 aliphatic heterocycles. The molecule has 28 heavy (non-hydrogen) atoms. The number of amides is 2. The molecular formula is C16H17BrN4O5S2. The second kappa shape index (κ2) is 8.55. The number of carbonyl (C=O) groups is 1. The van der Waals surface area contributed by atoms with E-state index in [9.17, 15) is 23.3 Å². The summed E-state index contributed by atoms with van der Waals surface area (Å²) in [5.74, 6) is 0. The van der Waals surface area contributed by atoms with E-state index in [4.69, 9.17) is 0 Å². The predicted molar refractivity (Wildman–Crippen MR) is 108 cm³/mol. The van der Waals surface area contributed by atoms with Crippen LogP contribution in [0.3, 0.4) is 0 Å². The topological polar surface area (TPSA) is 113 Å².